The van der Waals surface area contributed by atoms with Crippen LogP contribution in [0.4, 0.5) is 0 Å². The molecular formula is C19H31N. The fraction of sp³-hybridized carbons (Fsp3) is 0.789. The highest BCUT2D eigenvalue weighted by atomic mass is 15.2. The molecule has 2 fully saturated rings. The monoisotopic (exact) mass is 273 g/mol. The number of terminal acetylenes is 1. The van der Waals surface area contributed by atoms with Gasteiger partial charge in [0.1, 0.15) is 0 Å². The SMILES string of the molecule is C#C/C=C\CCCCCC1C(C)CC(C)C2CCCN12. The lowest BCUT2D eigenvalue weighted by molar-refractivity contribution is 0.0345. The van der Waals surface area contributed by atoms with Crippen LogP contribution in [0.2, 0.25) is 0 Å². The summed E-state index contributed by atoms with van der Waals surface area (Å²) in [7, 11) is 0. The van der Waals surface area contributed by atoms with Gasteiger partial charge < -0.3 is 0 Å². The van der Waals surface area contributed by atoms with Crippen molar-refractivity contribution >= 4 is 0 Å². The predicted molar refractivity (Wildman–Crippen MR) is 87.5 cm³/mol. The van der Waals surface area contributed by atoms with E-state index < -0.39 is 0 Å². The van der Waals surface area contributed by atoms with Crippen LogP contribution in [0.1, 0.15) is 65.2 Å². The molecule has 0 saturated carbocycles. The summed E-state index contributed by atoms with van der Waals surface area (Å²) in [4.78, 5) is 2.86. The third-order valence-corrected chi connectivity index (χ3v) is 5.41. The first-order chi connectivity index (χ1) is 9.74. The summed E-state index contributed by atoms with van der Waals surface area (Å²) < 4.78 is 0. The van der Waals surface area contributed by atoms with Gasteiger partial charge in [0, 0.05) is 12.1 Å². The van der Waals surface area contributed by atoms with Gasteiger partial charge >= 0.3 is 0 Å². The number of hydrogen-bond acceptors (Lipinski definition) is 1. The molecule has 2 saturated heterocycles. The Morgan fingerprint density at radius 3 is 2.85 bits per heavy atom. The van der Waals surface area contributed by atoms with Crippen molar-refractivity contribution in [3.05, 3.63) is 12.2 Å². The average molecular weight is 273 g/mol. The number of unbranched alkanes of at least 4 members (excludes halogenated alkanes) is 3. The lowest BCUT2D eigenvalue weighted by Gasteiger charge is -2.45. The summed E-state index contributed by atoms with van der Waals surface area (Å²) in [5.41, 5.74) is 0. The maximum atomic E-state index is 5.20. The number of allylic oxidation sites excluding steroid dienone is 2. The topological polar surface area (TPSA) is 3.24 Å². The Morgan fingerprint density at radius 2 is 2.05 bits per heavy atom. The zero-order chi connectivity index (χ0) is 14.4. The molecule has 0 aromatic carbocycles. The van der Waals surface area contributed by atoms with Gasteiger partial charge in [0.2, 0.25) is 0 Å². The standard InChI is InChI=1S/C19H31N/c1-4-5-6-7-8-9-10-12-18-16(2)15-17(3)19-13-11-14-20(18)19/h1,5-6,16-19H,7-15H2,2-3H3/b6-5-. The molecule has 0 aromatic rings. The van der Waals surface area contributed by atoms with Gasteiger partial charge in [-0.3, -0.25) is 4.90 Å². The Labute approximate surface area is 125 Å². The molecule has 112 valence electrons. The lowest BCUT2D eigenvalue weighted by Crippen LogP contribution is -2.50. The van der Waals surface area contributed by atoms with Crippen molar-refractivity contribution in [2.45, 2.75) is 77.3 Å². The zero-order valence-corrected chi connectivity index (χ0v) is 13.4. The van der Waals surface area contributed by atoms with Crippen molar-refractivity contribution in [1.29, 1.82) is 0 Å². The third kappa shape index (κ3) is 3.89. The number of rotatable bonds is 6. The molecule has 0 amide bonds. The number of nitrogens with zero attached hydrogens (tertiary/aromatic N) is 1. The van der Waals surface area contributed by atoms with Gasteiger partial charge in [-0.2, -0.15) is 0 Å². The highest BCUT2D eigenvalue weighted by Crippen LogP contribution is 2.39. The molecule has 0 aromatic heterocycles. The van der Waals surface area contributed by atoms with E-state index in [2.05, 4.69) is 30.7 Å². The average Bonchev–Trinajstić information content (AvgIpc) is 2.90. The molecule has 20 heavy (non-hydrogen) atoms. The van der Waals surface area contributed by atoms with Gasteiger partial charge in [0.25, 0.3) is 0 Å². The Hall–Kier alpha value is -0.740. The first-order valence-corrected chi connectivity index (χ1v) is 8.61. The molecule has 2 aliphatic heterocycles. The second-order valence-electron chi connectivity index (χ2n) is 6.91. The molecule has 0 bridgehead atoms. The third-order valence-electron chi connectivity index (χ3n) is 5.41. The van der Waals surface area contributed by atoms with Gasteiger partial charge in [-0.1, -0.05) is 38.7 Å². The Balaban J connectivity index is 1.71. The van der Waals surface area contributed by atoms with E-state index in [-0.39, 0.29) is 0 Å². The second-order valence-corrected chi connectivity index (χ2v) is 6.91. The van der Waals surface area contributed by atoms with Crippen LogP contribution in [-0.2, 0) is 0 Å². The van der Waals surface area contributed by atoms with Crippen LogP contribution < -0.4 is 0 Å². The molecule has 2 aliphatic rings. The maximum Gasteiger partial charge on any atom is 0.0124 e. The van der Waals surface area contributed by atoms with Crippen molar-refractivity contribution in [2.24, 2.45) is 11.8 Å². The van der Waals surface area contributed by atoms with Crippen LogP contribution in [0.5, 0.6) is 0 Å². The summed E-state index contributed by atoms with van der Waals surface area (Å²) in [6, 6.07) is 1.76. The van der Waals surface area contributed by atoms with E-state index >= 15 is 0 Å². The summed E-state index contributed by atoms with van der Waals surface area (Å²) in [5, 5.41) is 0. The lowest BCUT2D eigenvalue weighted by atomic mass is 9.79. The maximum absolute atomic E-state index is 5.20. The smallest absolute Gasteiger partial charge is 0.0124 e. The van der Waals surface area contributed by atoms with Gasteiger partial charge in [0.15, 0.2) is 0 Å². The minimum atomic E-state index is 0.861. The molecule has 0 spiro atoms. The molecule has 2 heterocycles. The molecule has 0 aliphatic carbocycles. The van der Waals surface area contributed by atoms with Crippen molar-refractivity contribution in [2.75, 3.05) is 6.54 Å². The van der Waals surface area contributed by atoms with Crippen molar-refractivity contribution in [1.82, 2.24) is 4.90 Å². The highest BCUT2D eigenvalue weighted by molar-refractivity contribution is 5.08. The van der Waals surface area contributed by atoms with Crippen LogP contribution in [0.3, 0.4) is 0 Å². The van der Waals surface area contributed by atoms with E-state index in [1.54, 1.807) is 0 Å². The summed E-state index contributed by atoms with van der Waals surface area (Å²) in [6.45, 7) is 6.30. The highest BCUT2D eigenvalue weighted by Gasteiger charge is 2.40. The Morgan fingerprint density at radius 1 is 1.20 bits per heavy atom. The van der Waals surface area contributed by atoms with Crippen LogP contribution >= 0.6 is 0 Å². The molecule has 2 rings (SSSR count). The minimum absolute atomic E-state index is 0.861. The molecule has 1 heteroatoms. The molecular weight excluding hydrogens is 242 g/mol. The largest absolute Gasteiger partial charge is 0.297 e. The number of fused-ring (bicyclic) bond motifs is 1. The molecule has 4 unspecified atom stereocenters. The summed E-state index contributed by atoms with van der Waals surface area (Å²) in [6.07, 6.45) is 20.1. The van der Waals surface area contributed by atoms with E-state index in [9.17, 15) is 0 Å². The first kappa shape index (κ1) is 15.6. The van der Waals surface area contributed by atoms with E-state index in [0.29, 0.717) is 0 Å². The molecule has 1 nitrogen and oxygen atoms in total. The number of piperidine rings is 1. The fourth-order valence-corrected chi connectivity index (χ4v) is 4.46. The van der Waals surface area contributed by atoms with E-state index in [0.717, 1.165) is 30.3 Å². The van der Waals surface area contributed by atoms with Crippen LogP contribution in [0.25, 0.3) is 0 Å². The fourth-order valence-electron chi connectivity index (χ4n) is 4.46. The minimum Gasteiger partial charge on any atom is -0.297 e. The Bertz CT molecular complexity index is 351. The van der Waals surface area contributed by atoms with E-state index in [4.69, 9.17) is 6.42 Å². The van der Waals surface area contributed by atoms with Gasteiger partial charge in [-0.05, 0) is 63.0 Å². The Kier molecular flexibility index (Phi) is 6.17. The molecule has 0 N–H and O–H groups in total. The van der Waals surface area contributed by atoms with Crippen molar-refractivity contribution in [3.63, 3.8) is 0 Å². The van der Waals surface area contributed by atoms with Gasteiger partial charge in [-0.15, -0.1) is 6.42 Å². The van der Waals surface area contributed by atoms with Crippen LogP contribution in [0.15, 0.2) is 12.2 Å². The normalized spacial score (nSPS) is 34.2. The van der Waals surface area contributed by atoms with Crippen molar-refractivity contribution in [3.8, 4) is 12.3 Å². The van der Waals surface area contributed by atoms with Gasteiger partial charge in [0.05, 0.1) is 0 Å². The van der Waals surface area contributed by atoms with Crippen LogP contribution in [0, 0.1) is 24.2 Å². The summed E-state index contributed by atoms with van der Waals surface area (Å²) >= 11 is 0. The molecule has 4 atom stereocenters. The van der Waals surface area contributed by atoms with Gasteiger partial charge in [-0.25, -0.2) is 0 Å². The van der Waals surface area contributed by atoms with Crippen molar-refractivity contribution < 1.29 is 0 Å². The van der Waals surface area contributed by atoms with E-state index in [1.807, 2.05) is 6.08 Å². The van der Waals surface area contributed by atoms with Crippen LogP contribution in [-0.4, -0.2) is 23.5 Å². The number of hydrogen-bond donors (Lipinski definition) is 0. The summed E-state index contributed by atoms with van der Waals surface area (Å²) in [5.74, 6) is 4.36. The quantitative estimate of drug-likeness (QED) is 0.503. The van der Waals surface area contributed by atoms with E-state index in [1.165, 1.54) is 51.5 Å². The predicted octanol–water partition coefficient (Wildman–Crippen LogP) is 4.64. The zero-order valence-electron chi connectivity index (χ0n) is 13.4. The first-order valence-electron chi connectivity index (χ1n) is 8.61. The second kappa shape index (κ2) is 7.89. The molecule has 0 radical (unpaired) electrons.